The lowest BCUT2D eigenvalue weighted by Gasteiger charge is -2.14. The third-order valence-corrected chi connectivity index (χ3v) is 4.07. The van der Waals surface area contributed by atoms with Crippen LogP contribution in [0.5, 0.6) is 5.88 Å². The second-order valence-electron chi connectivity index (χ2n) is 7.13. The van der Waals surface area contributed by atoms with Gasteiger partial charge in [-0.05, 0) is 57.2 Å². The van der Waals surface area contributed by atoms with Gasteiger partial charge in [0.05, 0.1) is 17.4 Å². The minimum absolute atomic E-state index is 0.0308. The van der Waals surface area contributed by atoms with Crippen LogP contribution in [0.25, 0.3) is 0 Å². The number of benzene rings is 2. The molecule has 0 bridgehead atoms. The minimum Gasteiger partial charge on any atom is -0.475 e. The Kier molecular flexibility index (Phi) is 6.82. The van der Waals surface area contributed by atoms with Crippen LogP contribution in [-0.2, 0) is 6.18 Å². The number of rotatable bonds is 6. The fourth-order valence-electron chi connectivity index (χ4n) is 2.81. The van der Waals surface area contributed by atoms with E-state index in [1.807, 2.05) is 13.8 Å². The van der Waals surface area contributed by atoms with Crippen molar-refractivity contribution in [1.82, 2.24) is 9.97 Å². The molecule has 3 N–H and O–H groups in total. The number of aryl methyl sites for hydroxylation is 1. The summed E-state index contributed by atoms with van der Waals surface area (Å²) in [6.45, 7) is 5.54. The molecule has 0 saturated heterocycles. The number of nitrogens with one attached hydrogen (secondary N) is 3. The fraction of sp³-hybridized carbons (Fsp3) is 0.227. The maximum atomic E-state index is 13.1. The van der Waals surface area contributed by atoms with E-state index in [2.05, 4.69) is 25.9 Å². The summed E-state index contributed by atoms with van der Waals surface area (Å²) in [4.78, 5) is 20.7. The summed E-state index contributed by atoms with van der Waals surface area (Å²) in [6.07, 6.45) is -4.60. The molecule has 168 valence electrons. The van der Waals surface area contributed by atoms with Crippen LogP contribution in [0.15, 0.2) is 54.6 Å². The zero-order chi connectivity index (χ0) is 23.3. The molecule has 1 heterocycles. The molecule has 0 saturated carbocycles. The standard InChI is InChI=1S/C22H22F3N5O2/c1-13(2)32-20-12-19(26-14(3)27-20)28-15-8-10-16(11-9-15)29-21(31)30-18-7-5-4-6-17(18)22(23,24)25/h4-13H,1-3H3,(H,26,27,28)(H2,29,30,31). The number of urea groups is 1. The summed E-state index contributed by atoms with van der Waals surface area (Å²) in [5.74, 6) is 1.53. The second kappa shape index (κ2) is 9.54. The van der Waals surface area contributed by atoms with Gasteiger partial charge in [-0.3, -0.25) is 0 Å². The number of para-hydroxylation sites is 1. The number of amides is 2. The van der Waals surface area contributed by atoms with Gasteiger partial charge in [0.25, 0.3) is 0 Å². The Morgan fingerprint density at radius 1 is 0.969 bits per heavy atom. The zero-order valence-corrected chi connectivity index (χ0v) is 17.6. The lowest BCUT2D eigenvalue weighted by molar-refractivity contribution is -0.136. The number of halogens is 3. The maximum Gasteiger partial charge on any atom is 0.418 e. The summed E-state index contributed by atoms with van der Waals surface area (Å²) >= 11 is 0. The van der Waals surface area contributed by atoms with Crippen molar-refractivity contribution >= 4 is 28.9 Å². The molecular formula is C22H22F3N5O2. The van der Waals surface area contributed by atoms with Crippen LogP contribution < -0.4 is 20.7 Å². The number of nitrogens with zero attached hydrogens (tertiary/aromatic N) is 2. The summed E-state index contributed by atoms with van der Waals surface area (Å²) in [6, 6.07) is 12.3. The smallest absolute Gasteiger partial charge is 0.418 e. The van der Waals surface area contributed by atoms with Crippen LogP contribution in [0, 0.1) is 6.92 Å². The highest BCUT2D eigenvalue weighted by molar-refractivity contribution is 6.00. The van der Waals surface area contributed by atoms with Gasteiger partial charge in [0.15, 0.2) is 0 Å². The van der Waals surface area contributed by atoms with Crippen LogP contribution in [0.4, 0.5) is 40.8 Å². The average molecular weight is 445 g/mol. The van der Waals surface area contributed by atoms with Crippen LogP contribution in [0.3, 0.4) is 0 Å². The summed E-state index contributed by atoms with van der Waals surface area (Å²) < 4.78 is 44.8. The normalized spacial score (nSPS) is 11.2. The highest BCUT2D eigenvalue weighted by atomic mass is 19.4. The SMILES string of the molecule is Cc1nc(Nc2ccc(NC(=O)Nc3ccccc3C(F)(F)F)cc2)cc(OC(C)C)n1. The number of alkyl halides is 3. The van der Waals surface area contributed by atoms with Gasteiger partial charge in [0, 0.05) is 17.4 Å². The van der Waals surface area contributed by atoms with Gasteiger partial charge < -0.3 is 20.7 Å². The Bertz CT molecular complexity index is 1090. The lowest BCUT2D eigenvalue weighted by atomic mass is 10.1. The average Bonchev–Trinajstić information content (AvgIpc) is 2.68. The largest absolute Gasteiger partial charge is 0.475 e. The van der Waals surface area contributed by atoms with E-state index in [4.69, 9.17) is 4.74 Å². The summed E-state index contributed by atoms with van der Waals surface area (Å²) in [7, 11) is 0. The molecule has 0 unspecified atom stereocenters. The molecule has 1 aromatic heterocycles. The number of ether oxygens (including phenoxy) is 1. The van der Waals surface area contributed by atoms with Gasteiger partial charge in [-0.25, -0.2) is 9.78 Å². The summed E-state index contributed by atoms with van der Waals surface area (Å²) in [5, 5.41) is 7.86. The molecule has 0 aliphatic heterocycles. The van der Waals surface area contributed by atoms with Crippen molar-refractivity contribution in [2.75, 3.05) is 16.0 Å². The summed E-state index contributed by atoms with van der Waals surface area (Å²) in [5.41, 5.74) is -0.155. The van der Waals surface area contributed by atoms with Crippen molar-refractivity contribution < 1.29 is 22.7 Å². The highest BCUT2D eigenvalue weighted by Crippen LogP contribution is 2.34. The molecule has 10 heteroatoms. The molecule has 0 aliphatic carbocycles. The topological polar surface area (TPSA) is 88.2 Å². The van der Waals surface area contributed by atoms with Gasteiger partial charge in [-0.1, -0.05) is 12.1 Å². The Balaban J connectivity index is 1.64. The van der Waals surface area contributed by atoms with Crippen LogP contribution >= 0.6 is 0 Å². The number of carbonyl (C=O) groups is 1. The molecule has 0 fully saturated rings. The Morgan fingerprint density at radius 3 is 2.28 bits per heavy atom. The van der Waals surface area contributed by atoms with Gasteiger partial charge in [0.2, 0.25) is 5.88 Å². The van der Waals surface area contributed by atoms with Crippen molar-refractivity contribution in [3.63, 3.8) is 0 Å². The molecule has 0 radical (unpaired) electrons. The van der Waals surface area contributed by atoms with Crippen LogP contribution in [0.1, 0.15) is 25.2 Å². The lowest BCUT2D eigenvalue weighted by Crippen LogP contribution is -2.21. The monoisotopic (exact) mass is 445 g/mol. The van der Waals surface area contributed by atoms with E-state index in [9.17, 15) is 18.0 Å². The first-order valence-corrected chi connectivity index (χ1v) is 9.74. The third kappa shape index (κ3) is 6.34. The molecule has 0 aliphatic rings. The molecule has 2 aromatic carbocycles. The zero-order valence-electron chi connectivity index (χ0n) is 17.6. The molecular weight excluding hydrogens is 423 g/mol. The first kappa shape index (κ1) is 22.9. The van der Waals surface area contributed by atoms with E-state index in [1.165, 1.54) is 18.2 Å². The molecule has 0 atom stereocenters. The van der Waals surface area contributed by atoms with Gasteiger partial charge >= 0.3 is 12.2 Å². The molecule has 7 nitrogen and oxygen atoms in total. The molecule has 3 aromatic rings. The van der Waals surface area contributed by atoms with Gasteiger partial charge in [0.1, 0.15) is 11.6 Å². The predicted molar refractivity (Wildman–Crippen MR) is 116 cm³/mol. The van der Waals surface area contributed by atoms with E-state index in [0.29, 0.717) is 28.9 Å². The highest BCUT2D eigenvalue weighted by Gasteiger charge is 2.33. The quantitative estimate of drug-likeness (QED) is 0.435. The van der Waals surface area contributed by atoms with Crippen LogP contribution in [-0.4, -0.2) is 22.1 Å². The van der Waals surface area contributed by atoms with Gasteiger partial charge in [-0.2, -0.15) is 18.2 Å². The number of carbonyl (C=O) groups excluding carboxylic acids is 1. The van der Waals surface area contributed by atoms with E-state index in [1.54, 1.807) is 37.3 Å². The molecule has 0 spiro atoms. The Morgan fingerprint density at radius 2 is 1.62 bits per heavy atom. The van der Waals surface area contributed by atoms with Crippen LogP contribution in [0.2, 0.25) is 0 Å². The number of anilines is 4. The molecule has 3 rings (SSSR count). The second-order valence-corrected chi connectivity index (χ2v) is 7.13. The maximum absolute atomic E-state index is 13.1. The van der Waals surface area contributed by atoms with E-state index in [0.717, 1.165) is 6.07 Å². The molecule has 2 amide bonds. The third-order valence-electron chi connectivity index (χ3n) is 4.07. The van der Waals surface area contributed by atoms with Crippen molar-refractivity contribution in [3.05, 3.63) is 66.0 Å². The molecule has 32 heavy (non-hydrogen) atoms. The van der Waals surface area contributed by atoms with Crippen molar-refractivity contribution in [3.8, 4) is 5.88 Å². The minimum atomic E-state index is -4.57. The van der Waals surface area contributed by atoms with E-state index in [-0.39, 0.29) is 11.8 Å². The number of hydrogen-bond donors (Lipinski definition) is 3. The number of aromatic nitrogens is 2. The fourth-order valence-corrected chi connectivity index (χ4v) is 2.81. The predicted octanol–water partition coefficient (Wildman–Crippen LogP) is 5.98. The Hall–Kier alpha value is -3.82. The number of hydrogen-bond acceptors (Lipinski definition) is 5. The van der Waals surface area contributed by atoms with Gasteiger partial charge in [-0.15, -0.1) is 0 Å². The van der Waals surface area contributed by atoms with E-state index >= 15 is 0 Å². The van der Waals surface area contributed by atoms with E-state index < -0.39 is 17.8 Å². The first-order valence-electron chi connectivity index (χ1n) is 9.74. The van der Waals surface area contributed by atoms with Crippen molar-refractivity contribution in [1.29, 1.82) is 0 Å². The Labute approximate surface area is 183 Å². The first-order chi connectivity index (χ1) is 15.1. The van der Waals surface area contributed by atoms with Crippen molar-refractivity contribution in [2.24, 2.45) is 0 Å². The van der Waals surface area contributed by atoms with Crippen molar-refractivity contribution in [2.45, 2.75) is 33.1 Å².